The topological polar surface area (TPSA) is 69.0 Å². The molecule has 1 aromatic heterocycles. The molecule has 0 bridgehead atoms. The monoisotopic (exact) mass is 340 g/mol. The number of halogens is 3. The summed E-state index contributed by atoms with van der Waals surface area (Å²) >= 11 is 0. The van der Waals surface area contributed by atoms with Gasteiger partial charge in [0.15, 0.2) is 5.69 Å². The Balaban J connectivity index is 2.00. The van der Waals surface area contributed by atoms with Crippen LogP contribution in [0.3, 0.4) is 0 Å². The van der Waals surface area contributed by atoms with Crippen LogP contribution >= 0.6 is 0 Å². The Labute approximate surface area is 135 Å². The fraction of sp³-hybridized carbons (Fsp3) is 0.400. The molecule has 24 heavy (non-hydrogen) atoms. The molecule has 0 radical (unpaired) electrons. The average molecular weight is 340 g/mol. The van der Waals surface area contributed by atoms with Crippen molar-refractivity contribution < 1.29 is 22.8 Å². The van der Waals surface area contributed by atoms with E-state index in [1.807, 2.05) is 0 Å². The van der Waals surface area contributed by atoms with E-state index in [-0.39, 0.29) is 23.9 Å². The maximum atomic E-state index is 12.9. The largest absolute Gasteiger partial charge is 0.416 e. The van der Waals surface area contributed by atoms with E-state index in [1.54, 1.807) is 6.92 Å². The summed E-state index contributed by atoms with van der Waals surface area (Å²) in [4.78, 5) is 17.0. The molecule has 0 saturated heterocycles. The molecule has 0 spiro atoms. The molecule has 1 amide bonds. The van der Waals surface area contributed by atoms with Crippen LogP contribution in [0, 0.1) is 0 Å². The van der Waals surface area contributed by atoms with Crippen LogP contribution in [0.2, 0.25) is 0 Å². The first-order chi connectivity index (χ1) is 11.4. The second-order valence-corrected chi connectivity index (χ2v) is 5.42. The number of amides is 1. The lowest BCUT2D eigenvalue weighted by Crippen LogP contribution is -2.25. The maximum Gasteiger partial charge on any atom is 0.416 e. The third-order valence-electron chi connectivity index (χ3n) is 3.61. The molecule has 0 atom stereocenters. The number of hydrogen-bond acceptors (Lipinski definition) is 4. The van der Waals surface area contributed by atoms with E-state index in [9.17, 15) is 18.0 Å². The van der Waals surface area contributed by atoms with E-state index < -0.39 is 17.6 Å². The molecule has 2 aromatic rings. The van der Waals surface area contributed by atoms with Crippen molar-refractivity contribution in [3.8, 4) is 5.69 Å². The number of carbonyl (C=O) groups excluding carboxylic acids is 1. The van der Waals surface area contributed by atoms with E-state index in [0.29, 0.717) is 5.69 Å². The van der Waals surface area contributed by atoms with Crippen LogP contribution in [0.4, 0.5) is 13.2 Å². The molecule has 0 unspecified atom stereocenters. The molecule has 1 N–H and O–H groups in total. The number of rotatable bonds is 5. The summed E-state index contributed by atoms with van der Waals surface area (Å²) < 4.78 is 40.0. The van der Waals surface area contributed by atoms with Crippen LogP contribution in [-0.4, -0.2) is 27.5 Å². The van der Waals surface area contributed by atoms with Gasteiger partial charge < -0.3 is 0 Å². The van der Waals surface area contributed by atoms with Gasteiger partial charge in [0.25, 0.3) is 5.91 Å². The van der Waals surface area contributed by atoms with E-state index in [1.165, 1.54) is 16.8 Å². The highest BCUT2D eigenvalue weighted by Gasteiger charge is 2.35. The van der Waals surface area contributed by atoms with E-state index in [0.717, 1.165) is 25.0 Å². The number of hydrogen-bond donors (Lipinski definition) is 1. The molecule has 1 fully saturated rings. The van der Waals surface area contributed by atoms with Crippen molar-refractivity contribution in [2.24, 2.45) is 0 Å². The highest BCUT2D eigenvalue weighted by molar-refractivity contribution is 5.93. The Hall–Kier alpha value is -2.42. The Morgan fingerprint density at radius 3 is 2.79 bits per heavy atom. The van der Waals surface area contributed by atoms with E-state index >= 15 is 0 Å². The number of carbonyl (C=O) groups is 1. The van der Waals surface area contributed by atoms with Crippen LogP contribution in [-0.2, 0) is 11.0 Å². The van der Waals surface area contributed by atoms with Crippen LogP contribution in [0.1, 0.15) is 47.4 Å². The van der Waals surface area contributed by atoms with Crippen molar-refractivity contribution in [2.75, 3.05) is 6.61 Å². The quantitative estimate of drug-likeness (QED) is 0.850. The highest BCUT2D eigenvalue weighted by Crippen LogP contribution is 2.42. The summed E-state index contributed by atoms with van der Waals surface area (Å²) in [6.07, 6.45) is -2.78. The van der Waals surface area contributed by atoms with Gasteiger partial charge in [-0.05, 0) is 38.0 Å². The lowest BCUT2D eigenvalue weighted by Gasteiger charge is -2.10. The van der Waals surface area contributed by atoms with E-state index in [2.05, 4.69) is 15.8 Å². The van der Waals surface area contributed by atoms with Gasteiger partial charge in [0.05, 0.1) is 23.6 Å². The van der Waals surface area contributed by atoms with Gasteiger partial charge in [0.2, 0.25) is 0 Å². The first-order valence-electron chi connectivity index (χ1n) is 7.47. The number of benzene rings is 1. The van der Waals surface area contributed by atoms with Crippen LogP contribution in [0.5, 0.6) is 0 Å². The molecule has 0 aliphatic heterocycles. The lowest BCUT2D eigenvalue weighted by atomic mass is 10.1. The molecule has 1 aliphatic carbocycles. The normalized spacial score (nSPS) is 14.7. The number of nitrogens with zero attached hydrogens (tertiary/aromatic N) is 3. The number of alkyl halides is 3. The third-order valence-corrected chi connectivity index (χ3v) is 3.61. The minimum atomic E-state index is -4.45. The van der Waals surface area contributed by atoms with Gasteiger partial charge in [-0.3, -0.25) is 9.63 Å². The number of aromatic nitrogens is 3. The minimum absolute atomic E-state index is 0.0527. The zero-order valence-corrected chi connectivity index (χ0v) is 12.8. The van der Waals surface area contributed by atoms with Crippen molar-refractivity contribution in [3.05, 3.63) is 41.2 Å². The summed E-state index contributed by atoms with van der Waals surface area (Å²) in [5.74, 6) is -0.506. The predicted octanol–water partition coefficient (Wildman–Crippen LogP) is 2.84. The number of nitrogens with one attached hydrogen (secondary N) is 1. The Bertz CT molecular complexity index is 753. The average Bonchev–Trinajstić information content (AvgIpc) is 3.30. The Morgan fingerprint density at radius 1 is 1.42 bits per heavy atom. The van der Waals surface area contributed by atoms with Crippen molar-refractivity contribution >= 4 is 5.91 Å². The van der Waals surface area contributed by atoms with Crippen molar-refractivity contribution in [3.63, 3.8) is 0 Å². The fourth-order valence-electron chi connectivity index (χ4n) is 2.36. The highest BCUT2D eigenvalue weighted by atomic mass is 19.4. The van der Waals surface area contributed by atoms with Crippen LogP contribution < -0.4 is 5.48 Å². The first kappa shape index (κ1) is 16.4. The summed E-state index contributed by atoms with van der Waals surface area (Å²) in [6, 6.07) is 4.78. The zero-order chi connectivity index (χ0) is 17.3. The van der Waals surface area contributed by atoms with Gasteiger partial charge in [-0.25, -0.2) is 10.2 Å². The molecule has 1 heterocycles. The van der Waals surface area contributed by atoms with Crippen LogP contribution in [0.15, 0.2) is 24.3 Å². The van der Waals surface area contributed by atoms with Gasteiger partial charge in [0, 0.05) is 5.92 Å². The van der Waals surface area contributed by atoms with Crippen molar-refractivity contribution in [1.82, 2.24) is 20.5 Å². The number of hydroxylamine groups is 1. The SMILES string of the molecule is CCONC(=O)c1nnn(-c2cccc(C(F)(F)F)c2)c1C1CC1. The molecule has 9 heteroatoms. The minimum Gasteiger partial charge on any atom is -0.274 e. The van der Waals surface area contributed by atoms with Crippen molar-refractivity contribution in [1.29, 1.82) is 0 Å². The lowest BCUT2D eigenvalue weighted by molar-refractivity contribution is -0.137. The zero-order valence-electron chi connectivity index (χ0n) is 12.8. The second-order valence-electron chi connectivity index (χ2n) is 5.42. The third kappa shape index (κ3) is 3.25. The Kier molecular flexibility index (Phi) is 4.27. The van der Waals surface area contributed by atoms with Gasteiger partial charge in [-0.15, -0.1) is 5.10 Å². The summed E-state index contributed by atoms with van der Waals surface area (Å²) in [5, 5.41) is 7.72. The summed E-state index contributed by atoms with van der Waals surface area (Å²) in [6.45, 7) is 1.99. The summed E-state index contributed by atoms with van der Waals surface area (Å²) in [5.41, 5.74) is 2.25. The maximum absolute atomic E-state index is 12.9. The first-order valence-corrected chi connectivity index (χ1v) is 7.47. The smallest absolute Gasteiger partial charge is 0.274 e. The standard InChI is InChI=1S/C15H15F3N4O2/c1-2-24-20-14(23)12-13(9-6-7-9)22(21-19-12)11-5-3-4-10(8-11)15(16,17)18/h3-5,8-9H,2,6-7H2,1H3,(H,20,23). The molecule has 1 saturated carbocycles. The Morgan fingerprint density at radius 2 is 2.17 bits per heavy atom. The van der Waals surface area contributed by atoms with Crippen LogP contribution in [0.25, 0.3) is 5.69 Å². The molecule has 6 nitrogen and oxygen atoms in total. The van der Waals surface area contributed by atoms with Crippen molar-refractivity contribution in [2.45, 2.75) is 31.9 Å². The summed E-state index contributed by atoms with van der Waals surface area (Å²) in [7, 11) is 0. The molecule has 128 valence electrons. The van der Waals surface area contributed by atoms with Gasteiger partial charge in [0.1, 0.15) is 0 Å². The molecule has 1 aromatic carbocycles. The molecular formula is C15H15F3N4O2. The van der Waals surface area contributed by atoms with Gasteiger partial charge in [-0.2, -0.15) is 13.2 Å². The fourth-order valence-corrected chi connectivity index (χ4v) is 2.36. The molecular weight excluding hydrogens is 325 g/mol. The predicted molar refractivity (Wildman–Crippen MR) is 77.4 cm³/mol. The van der Waals surface area contributed by atoms with Gasteiger partial charge in [-0.1, -0.05) is 11.3 Å². The molecule has 3 rings (SSSR count). The molecule has 1 aliphatic rings. The van der Waals surface area contributed by atoms with Gasteiger partial charge >= 0.3 is 6.18 Å². The second kappa shape index (κ2) is 6.23. The van der Waals surface area contributed by atoms with E-state index in [4.69, 9.17) is 4.84 Å².